The maximum absolute atomic E-state index is 13.9. The maximum atomic E-state index is 13.9. The summed E-state index contributed by atoms with van der Waals surface area (Å²) in [6, 6.07) is 4.39. The van der Waals surface area contributed by atoms with Crippen LogP contribution in [-0.2, 0) is 14.3 Å². The number of benzene rings is 1. The van der Waals surface area contributed by atoms with Crippen LogP contribution in [0.15, 0.2) is 34.1 Å². The fourth-order valence-electron chi connectivity index (χ4n) is 5.35. The fourth-order valence-corrected chi connectivity index (χ4v) is 5.35. The molecule has 1 aromatic carbocycles. The third-order valence-electron chi connectivity index (χ3n) is 6.97. The smallest absolute Gasteiger partial charge is 0.295 e. The zero-order valence-electron chi connectivity index (χ0n) is 19.9. The van der Waals surface area contributed by atoms with Crippen molar-refractivity contribution in [3.05, 3.63) is 40.9 Å². The van der Waals surface area contributed by atoms with E-state index in [0.717, 1.165) is 19.3 Å². The van der Waals surface area contributed by atoms with Crippen molar-refractivity contribution >= 4 is 17.5 Å². The minimum Gasteiger partial charge on any atom is -0.493 e. The molecule has 1 fully saturated rings. The molecular formula is C25H28N2O7. The Morgan fingerprint density at radius 2 is 1.74 bits per heavy atom. The van der Waals surface area contributed by atoms with E-state index in [2.05, 4.69) is 12.1 Å². The van der Waals surface area contributed by atoms with Gasteiger partial charge >= 0.3 is 0 Å². The van der Waals surface area contributed by atoms with Gasteiger partial charge in [-0.15, -0.1) is 0 Å². The number of anilines is 1. The van der Waals surface area contributed by atoms with Crippen LogP contribution in [0, 0.1) is 18.8 Å². The second-order valence-electron chi connectivity index (χ2n) is 9.12. The summed E-state index contributed by atoms with van der Waals surface area (Å²) in [7, 11) is 4.56. The van der Waals surface area contributed by atoms with E-state index < -0.39 is 11.9 Å². The van der Waals surface area contributed by atoms with Crippen LogP contribution in [0.5, 0.6) is 17.2 Å². The van der Waals surface area contributed by atoms with Crippen molar-refractivity contribution < 1.29 is 33.1 Å². The molecule has 3 aliphatic rings. The molecule has 3 heterocycles. The topological polar surface area (TPSA) is 100 Å². The molecule has 2 aromatic rings. The third-order valence-corrected chi connectivity index (χ3v) is 6.97. The van der Waals surface area contributed by atoms with E-state index in [0.29, 0.717) is 45.9 Å². The van der Waals surface area contributed by atoms with Crippen LogP contribution >= 0.6 is 0 Å². The number of ketones is 1. The van der Waals surface area contributed by atoms with Gasteiger partial charge in [0.25, 0.3) is 5.91 Å². The lowest BCUT2D eigenvalue weighted by atomic mass is 9.74. The van der Waals surface area contributed by atoms with Crippen LogP contribution in [0.1, 0.15) is 43.6 Å². The summed E-state index contributed by atoms with van der Waals surface area (Å²) in [5.41, 5.74) is 0.961. The molecule has 9 heteroatoms. The number of carbonyl (C=O) groups is 2. The van der Waals surface area contributed by atoms with Gasteiger partial charge in [-0.3, -0.25) is 14.5 Å². The highest BCUT2D eigenvalue weighted by Gasteiger charge is 2.53. The molecule has 0 radical (unpaired) electrons. The van der Waals surface area contributed by atoms with Crippen LogP contribution in [-0.4, -0.2) is 44.3 Å². The molecule has 1 aliphatic carbocycles. The molecule has 34 heavy (non-hydrogen) atoms. The van der Waals surface area contributed by atoms with E-state index in [1.807, 2.05) is 0 Å². The second-order valence-corrected chi connectivity index (χ2v) is 9.12. The lowest BCUT2D eigenvalue weighted by molar-refractivity contribution is -0.132. The number of aryl methyl sites for hydroxylation is 1. The summed E-state index contributed by atoms with van der Waals surface area (Å²) in [4.78, 5) is 29.0. The van der Waals surface area contributed by atoms with Gasteiger partial charge in [-0.25, -0.2) is 0 Å². The molecule has 1 aromatic heterocycles. The summed E-state index contributed by atoms with van der Waals surface area (Å²) < 4.78 is 28.0. The number of carbonyl (C=O) groups excluding carboxylic acids is 2. The molecule has 1 amide bonds. The molecule has 2 aliphatic heterocycles. The van der Waals surface area contributed by atoms with E-state index in [-0.39, 0.29) is 23.6 Å². The molecule has 1 saturated carbocycles. The Morgan fingerprint density at radius 1 is 1.03 bits per heavy atom. The van der Waals surface area contributed by atoms with Gasteiger partial charge in [0.05, 0.1) is 38.9 Å². The molecule has 5 rings (SSSR count). The van der Waals surface area contributed by atoms with E-state index in [4.69, 9.17) is 23.5 Å². The summed E-state index contributed by atoms with van der Waals surface area (Å²) in [5.74, 6) is 1.89. The Morgan fingerprint density at radius 3 is 2.32 bits per heavy atom. The number of fused-ring (bicyclic) bond motifs is 1. The van der Waals surface area contributed by atoms with Crippen LogP contribution in [0.25, 0.3) is 0 Å². The highest BCUT2D eigenvalue weighted by atomic mass is 16.5. The Kier molecular flexibility index (Phi) is 5.50. The molecule has 4 atom stereocenters. The monoisotopic (exact) mass is 468 g/mol. The first-order chi connectivity index (χ1) is 16.4. The Balaban J connectivity index is 1.69. The first kappa shape index (κ1) is 22.3. The predicted molar refractivity (Wildman–Crippen MR) is 121 cm³/mol. The van der Waals surface area contributed by atoms with Crippen LogP contribution in [0.4, 0.5) is 5.82 Å². The third kappa shape index (κ3) is 3.33. The molecule has 9 nitrogen and oxygen atoms in total. The van der Waals surface area contributed by atoms with Gasteiger partial charge in [-0.1, -0.05) is 12.1 Å². The molecule has 0 saturated heterocycles. The van der Waals surface area contributed by atoms with Crippen molar-refractivity contribution in [1.29, 1.82) is 0 Å². The molecule has 0 bridgehead atoms. The average Bonchev–Trinajstić information content (AvgIpc) is 3.39. The van der Waals surface area contributed by atoms with Crippen molar-refractivity contribution in [2.45, 2.75) is 45.3 Å². The number of nitrogens with zero attached hydrogens (tertiary/aromatic N) is 2. The van der Waals surface area contributed by atoms with E-state index in [9.17, 15) is 9.59 Å². The zero-order chi connectivity index (χ0) is 24.1. The van der Waals surface area contributed by atoms with Gasteiger partial charge in [-0.05, 0) is 49.8 Å². The van der Waals surface area contributed by atoms with Gasteiger partial charge in [0.2, 0.25) is 5.75 Å². The van der Waals surface area contributed by atoms with Gasteiger partial charge in [-0.2, -0.15) is 0 Å². The number of rotatable bonds is 5. The molecule has 4 unspecified atom stereocenters. The highest BCUT2D eigenvalue weighted by molar-refractivity contribution is 6.17. The van der Waals surface area contributed by atoms with Crippen molar-refractivity contribution in [3.8, 4) is 17.2 Å². The number of Topliss-reactive ketones (excluding diaryl/α,β-unsaturated/α-hetero) is 1. The summed E-state index contributed by atoms with van der Waals surface area (Å²) in [5, 5.41) is 4.08. The van der Waals surface area contributed by atoms with E-state index >= 15 is 0 Å². The van der Waals surface area contributed by atoms with Gasteiger partial charge in [0.1, 0.15) is 11.9 Å². The molecule has 0 spiro atoms. The number of ether oxygens (including phenoxy) is 4. The lowest BCUT2D eigenvalue weighted by Crippen LogP contribution is -2.41. The SMILES string of the molecule is COc1cc(C2C3=C(OC4CCC(C)CC4C3=O)C(=O)N2c2cc(C)on2)cc(OC)c1OC. The van der Waals surface area contributed by atoms with Crippen molar-refractivity contribution in [1.82, 2.24) is 5.16 Å². The number of hydrogen-bond donors (Lipinski definition) is 0. The normalized spacial score (nSPS) is 26.2. The minimum atomic E-state index is -0.772. The van der Waals surface area contributed by atoms with Crippen molar-refractivity contribution in [3.63, 3.8) is 0 Å². The van der Waals surface area contributed by atoms with Crippen molar-refractivity contribution in [2.75, 3.05) is 26.2 Å². The summed E-state index contributed by atoms with van der Waals surface area (Å²) >= 11 is 0. The largest absolute Gasteiger partial charge is 0.493 e. The van der Waals surface area contributed by atoms with E-state index in [1.165, 1.54) is 26.2 Å². The first-order valence-corrected chi connectivity index (χ1v) is 11.4. The Bertz CT molecular complexity index is 1160. The summed E-state index contributed by atoms with van der Waals surface area (Å²) in [6.07, 6.45) is 2.17. The van der Waals surface area contributed by atoms with Crippen LogP contribution in [0.3, 0.4) is 0 Å². The van der Waals surface area contributed by atoms with Gasteiger partial charge in [0, 0.05) is 6.07 Å². The average molecular weight is 469 g/mol. The second kappa shape index (κ2) is 8.38. The number of aromatic nitrogens is 1. The number of methoxy groups -OCH3 is 3. The first-order valence-electron chi connectivity index (χ1n) is 11.4. The lowest BCUT2D eigenvalue weighted by Gasteiger charge is -2.37. The van der Waals surface area contributed by atoms with Crippen LogP contribution in [0.2, 0.25) is 0 Å². The van der Waals surface area contributed by atoms with Crippen molar-refractivity contribution in [2.24, 2.45) is 11.8 Å². The number of amides is 1. The van der Waals surface area contributed by atoms with Gasteiger partial charge < -0.3 is 23.5 Å². The minimum absolute atomic E-state index is 0.0485. The maximum Gasteiger partial charge on any atom is 0.295 e. The zero-order valence-corrected chi connectivity index (χ0v) is 19.9. The molecular weight excluding hydrogens is 440 g/mol. The summed E-state index contributed by atoms with van der Waals surface area (Å²) in [6.45, 7) is 3.89. The Labute approximate surface area is 197 Å². The van der Waals surface area contributed by atoms with Crippen LogP contribution < -0.4 is 19.1 Å². The standard InChI is InChI=1S/C25H28N2O7/c1-12-6-7-16-15(8-12)22(28)20-21(14-10-17(30-3)23(32-5)18(11-14)31-4)27(25(29)24(20)33-16)19-9-13(2)34-26-19/h9-12,15-16,21H,6-8H2,1-5H3. The quantitative estimate of drug-likeness (QED) is 0.654. The fraction of sp³-hybridized carbons (Fsp3) is 0.480. The predicted octanol–water partition coefficient (Wildman–Crippen LogP) is 3.75. The Hall–Kier alpha value is -3.49. The molecule has 180 valence electrons. The van der Waals surface area contributed by atoms with E-state index in [1.54, 1.807) is 25.1 Å². The highest BCUT2D eigenvalue weighted by Crippen LogP contribution is 2.51. The molecule has 0 N–H and O–H groups in total. The van der Waals surface area contributed by atoms with Gasteiger partial charge in [0.15, 0.2) is 28.9 Å². The number of hydrogen-bond acceptors (Lipinski definition) is 8.